The van der Waals surface area contributed by atoms with E-state index in [1.54, 1.807) is 0 Å². The van der Waals surface area contributed by atoms with Crippen molar-refractivity contribution in [3.63, 3.8) is 0 Å². The van der Waals surface area contributed by atoms with Gasteiger partial charge in [0.25, 0.3) is 0 Å². The molecule has 0 aromatic rings. The topological polar surface area (TPSA) is 29.5 Å². The predicted molar refractivity (Wildman–Crippen MR) is 67.4 cm³/mol. The van der Waals surface area contributed by atoms with Crippen LogP contribution in [0, 0.1) is 5.92 Å². The van der Waals surface area contributed by atoms with Crippen molar-refractivity contribution in [2.75, 3.05) is 26.7 Å². The van der Waals surface area contributed by atoms with Gasteiger partial charge >= 0.3 is 5.97 Å². The van der Waals surface area contributed by atoms with Crippen LogP contribution in [-0.4, -0.2) is 37.6 Å². The molecule has 1 unspecified atom stereocenters. The van der Waals surface area contributed by atoms with Crippen LogP contribution in [0.25, 0.3) is 0 Å². The van der Waals surface area contributed by atoms with Crippen LogP contribution in [-0.2, 0) is 9.53 Å². The molecule has 0 fully saturated rings. The maximum Gasteiger partial charge on any atom is 0.309 e. The van der Waals surface area contributed by atoms with E-state index in [1.165, 1.54) is 32.8 Å². The van der Waals surface area contributed by atoms with Crippen LogP contribution >= 0.6 is 0 Å². The van der Waals surface area contributed by atoms with Crippen LogP contribution < -0.4 is 0 Å². The third-order valence-corrected chi connectivity index (χ3v) is 2.79. The first kappa shape index (κ1) is 15.4. The largest absolute Gasteiger partial charge is 0.469 e. The van der Waals surface area contributed by atoms with Crippen molar-refractivity contribution in [2.45, 2.75) is 46.5 Å². The van der Waals surface area contributed by atoms with Crippen molar-refractivity contribution in [1.82, 2.24) is 4.90 Å². The second-order valence-electron chi connectivity index (χ2n) is 4.43. The lowest BCUT2D eigenvalue weighted by Gasteiger charge is -2.24. The Labute approximate surface area is 100 Å². The molecule has 0 spiro atoms. The van der Waals surface area contributed by atoms with Crippen molar-refractivity contribution >= 4 is 5.97 Å². The molecule has 3 heteroatoms. The van der Waals surface area contributed by atoms with Crippen LogP contribution in [0.3, 0.4) is 0 Å². The number of rotatable bonds is 9. The molecule has 0 aromatic heterocycles. The Morgan fingerprint density at radius 2 is 1.69 bits per heavy atom. The maximum atomic E-state index is 11.3. The highest BCUT2D eigenvalue weighted by molar-refractivity contribution is 5.72. The van der Waals surface area contributed by atoms with Gasteiger partial charge in [-0.25, -0.2) is 0 Å². The van der Waals surface area contributed by atoms with Gasteiger partial charge in [0.15, 0.2) is 0 Å². The summed E-state index contributed by atoms with van der Waals surface area (Å²) in [5.74, 6) is -0.114. The summed E-state index contributed by atoms with van der Waals surface area (Å²) in [6.07, 6.45) is 4.82. The molecule has 1 atom stereocenters. The first-order chi connectivity index (χ1) is 7.65. The monoisotopic (exact) mass is 229 g/mol. The van der Waals surface area contributed by atoms with Gasteiger partial charge in [-0.3, -0.25) is 4.79 Å². The summed E-state index contributed by atoms with van der Waals surface area (Å²) in [5, 5.41) is 0. The Balaban J connectivity index is 4.01. The van der Waals surface area contributed by atoms with Crippen LogP contribution in [0.4, 0.5) is 0 Å². The third kappa shape index (κ3) is 6.83. The molecular weight excluding hydrogens is 202 g/mol. The summed E-state index contributed by atoms with van der Waals surface area (Å²) in [6.45, 7) is 9.35. The number of methoxy groups -OCH3 is 1. The van der Waals surface area contributed by atoms with E-state index >= 15 is 0 Å². The van der Waals surface area contributed by atoms with Crippen LogP contribution in [0.1, 0.15) is 46.5 Å². The lowest BCUT2D eigenvalue weighted by Crippen LogP contribution is -2.34. The number of esters is 1. The van der Waals surface area contributed by atoms with E-state index in [1.807, 2.05) is 6.92 Å². The molecule has 96 valence electrons. The minimum atomic E-state index is -0.0991. The van der Waals surface area contributed by atoms with Gasteiger partial charge in [0.05, 0.1) is 13.0 Å². The molecule has 0 radical (unpaired) electrons. The zero-order valence-corrected chi connectivity index (χ0v) is 11.3. The van der Waals surface area contributed by atoms with E-state index in [-0.39, 0.29) is 11.9 Å². The second-order valence-corrected chi connectivity index (χ2v) is 4.43. The SMILES string of the molecule is CCCCN(CCCC)CC(C)C(=O)OC. The molecule has 3 nitrogen and oxygen atoms in total. The van der Waals surface area contributed by atoms with Gasteiger partial charge in [0.2, 0.25) is 0 Å². The minimum absolute atomic E-state index is 0.0151. The molecule has 0 rings (SSSR count). The fraction of sp³-hybridized carbons (Fsp3) is 0.923. The first-order valence-corrected chi connectivity index (χ1v) is 6.45. The maximum absolute atomic E-state index is 11.3. The van der Waals surface area contributed by atoms with Gasteiger partial charge in [0.1, 0.15) is 0 Å². The van der Waals surface area contributed by atoms with E-state index < -0.39 is 0 Å². The van der Waals surface area contributed by atoms with Gasteiger partial charge in [-0.15, -0.1) is 0 Å². The van der Waals surface area contributed by atoms with Crippen molar-refractivity contribution in [3.05, 3.63) is 0 Å². The minimum Gasteiger partial charge on any atom is -0.469 e. The Kier molecular flexibility index (Phi) is 9.30. The average Bonchev–Trinajstić information content (AvgIpc) is 2.31. The van der Waals surface area contributed by atoms with E-state index in [0.29, 0.717) is 0 Å². The standard InChI is InChI=1S/C13H27NO2/c1-5-7-9-14(10-8-6-2)11-12(3)13(15)16-4/h12H,5-11H2,1-4H3. The number of unbranched alkanes of at least 4 members (excludes halogenated alkanes) is 2. The molecule has 0 aliphatic carbocycles. The molecule has 16 heavy (non-hydrogen) atoms. The zero-order chi connectivity index (χ0) is 12.4. The van der Waals surface area contributed by atoms with Crippen molar-refractivity contribution in [1.29, 1.82) is 0 Å². The lowest BCUT2D eigenvalue weighted by atomic mass is 10.1. The average molecular weight is 229 g/mol. The summed E-state index contributed by atoms with van der Waals surface area (Å²) < 4.78 is 4.76. The van der Waals surface area contributed by atoms with Gasteiger partial charge in [-0.05, 0) is 25.9 Å². The molecule has 0 bridgehead atoms. The number of hydrogen-bond acceptors (Lipinski definition) is 3. The van der Waals surface area contributed by atoms with Crippen LogP contribution in [0.5, 0.6) is 0 Å². The first-order valence-electron chi connectivity index (χ1n) is 6.45. The van der Waals surface area contributed by atoms with Crippen LogP contribution in [0.15, 0.2) is 0 Å². The number of ether oxygens (including phenoxy) is 1. The Bertz CT molecular complexity index is 175. The molecule has 0 aliphatic heterocycles. The number of hydrogen-bond donors (Lipinski definition) is 0. The van der Waals surface area contributed by atoms with E-state index in [0.717, 1.165) is 19.6 Å². The highest BCUT2D eigenvalue weighted by Gasteiger charge is 2.16. The highest BCUT2D eigenvalue weighted by atomic mass is 16.5. The summed E-state index contributed by atoms with van der Waals surface area (Å²) >= 11 is 0. The molecule has 0 aliphatic rings. The summed E-state index contributed by atoms with van der Waals surface area (Å²) in [5.41, 5.74) is 0. The van der Waals surface area contributed by atoms with Crippen molar-refractivity contribution < 1.29 is 9.53 Å². The predicted octanol–water partition coefficient (Wildman–Crippen LogP) is 2.70. The smallest absolute Gasteiger partial charge is 0.309 e. The molecule has 0 saturated heterocycles. The number of carbonyl (C=O) groups excluding carboxylic acids is 1. The quantitative estimate of drug-likeness (QED) is 0.569. The van der Waals surface area contributed by atoms with Gasteiger partial charge in [-0.1, -0.05) is 33.6 Å². The van der Waals surface area contributed by atoms with E-state index in [9.17, 15) is 4.79 Å². The van der Waals surface area contributed by atoms with Gasteiger partial charge in [0, 0.05) is 6.54 Å². The zero-order valence-electron chi connectivity index (χ0n) is 11.3. The molecule has 0 N–H and O–H groups in total. The highest BCUT2D eigenvalue weighted by Crippen LogP contribution is 2.06. The van der Waals surface area contributed by atoms with E-state index in [2.05, 4.69) is 18.7 Å². The Morgan fingerprint density at radius 1 is 1.19 bits per heavy atom. The van der Waals surface area contributed by atoms with E-state index in [4.69, 9.17) is 4.74 Å². The summed E-state index contributed by atoms with van der Waals surface area (Å²) in [4.78, 5) is 13.7. The molecule has 0 amide bonds. The normalized spacial score (nSPS) is 12.8. The summed E-state index contributed by atoms with van der Waals surface area (Å²) in [6, 6.07) is 0. The summed E-state index contributed by atoms with van der Waals surface area (Å²) in [7, 11) is 1.46. The van der Waals surface area contributed by atoms with Gasteiger partial charge in [-0.2, -0.15) is 0 Å². The fourth-order valence-electron chi connectivity index (χ4n) is 1.72. The van der Waals surface area contributed by atoms with Crippen molar-refractivity contribution in [3.8, 4) is 0 Å². The third-order valence-electron chi connectivity index (χ3n) is 2.79. The molecule has 0 saturated carbocycles. The number of nitrogens with zero attached hydrogens (tertiary/aromatic N) is 1. The molecular formula is C13H27NO2. The molecule has 0 heterocycles. The molecule has 0 aromatic carbocycles. The fourth-order valence-corrected chi connectivity index (χ4v) is 1.72. The Morgan fingerprint density at radius 3 is 2.06 bits per heavy atom. The van der Waals surface area contributed by atoms with Crippen LogP contribution in [0.2, 0.25) is 0 Å². The lowest BCUT2D eigenvalue weighted by molar-refractivity contribution is -0.145. The number of carbonyl (C=O) groups is 1. The second kappa shape index (κ2) is 9.64. The Hall–Kier alpha value is -0.570. The van der Waals surface area contributed by atoms with Gasteiger partial charge < -0.3 is 9.64 Å². The van der Waals surface area contributed by atoms with Crippen molar-refractivity contribution in [2.24, 2.45) is 5.92 Å².